The van der Waals surface area contributed by atoms with Crippen molar-refractivity contribution in [2.45, 2.75) is 18.9 Å². The average Bonchev–Trinajstić information content (AvgIpc) is 2.17. The largest absolute Gasteiger partial charge is 0.449 e. The zero-order chi connectivity index (χ0) is 10.9. The fourth-order valence-corrected chi connectivity index (χ4v) is 1.91. The maximum Gasteiger partial charge on any atom is 0.407 e. The average molecular weight is 226 g/mol. The van der Waals surface area contributed by atoms with Crippen LogP contribution in [-0.2, 0) is 10.3 Å². The number of ether oxygens (including phenoxy) is 1. The number of hydrogen-bond donors (Lipinski definition) is 1. The third-order valence-electron chi connectivity index (χ3n) is 2.67. The second-order valence-corrected chi connectivity index (χ2v) is 4.29. The number of cyclic esters (lactones) is 1. The van der Waals surface area contributed by atoms with Gasteiger partial charge in [0.2, 0.25) is 0 Å². The molecule has 2 rings (SSSR count). The van der Waals surface area contributed by atoms with Crippen LogP contribution >= 0.6 is 11.6 Å². The Kier molecular flexibility index (Phi) is 2.57. The van der Waals surface area contributed by atoms with Crippen LogP contribution in [0.4, 0.5) is 4.79 Å². The first kappa shape index (κ1) is 10.3. The molecule has 0 spiro atoms. The number of amides is 1. The van der Waals surface area contributed by atoms with Gasteiger partial charge in [0.1, 0.15) is 0 Å². The summed E-state index contributed by atoms with van der Waals surface area (Å²) in [4.78, 5) is 11.2. The Bertz CT molecular complexity index is 394. The molecule has 0 radical (unpaired) electrons. The summed E-state index contributed by atoms with van der Waals surface area (Å²) in [6.45, 7) is 2.41. The van der Waals surface area contributed by atoms with Gasteiger partial charge in [-0.2, -0.15) is 0 Å². The topological polar surface area (TPSA) is 38.3 Å². The van der Waals surface area contributed by atoms with E-state index < -0.39 is 0 Å². The molecule has 1 aromatic carbocycles. The molecule has 0 saturated carbocycles. The van der Waals surface area contributed by atoms with Crippen molar-refractivity contribution in [1.82, 2.24) is 5.32 Å². The van der Waals surface area contributed by atoms with Gasteiger partial charge in [-0.3, -0.25) is 0 Å². The minimum Gasteiger partial charge on any atom is -0.449 e. The smallest absolute Gasteiger partial charge is 0.407 e. The Balaban J connectivity index is 2.32. The highest BCUT2D eigenvalue weighted by molar-refractivity contribution is 6.30. The Labute approximate surface area is 93.4 Å². The van der Waals surface area contributed by atoms with E-state index in [1.807, 2.05) is 31.2 Å². The molecule has 0 aliphatic carbocycles. The molecule has 1 aliphatic heterocycles. The molecule has 1 fully saturated rings. The SMILES string of the molecule is CC1(c2cccc(Cl)c2)CCOC(=O)N1. The fraction of sp³-hybridized carbons (Fsp3) is 0.364. The van der Waals surface area contributed by atoms with Crippen LogP contribution in [0.1, 0.15) is 18.9 Å². The van der Waals surface area contributed by atoms with Gasteiger partial charge < -0.3 is 10.1 Å². The summed E-state index contributed by atoms with van der Waals surface area (Å²) in [5, 5.41) is 3.49. The van der Waals surface area contributed by atoms with Crippen molar-refractivity contribution < 1.29 is 9.53 Å². The lowest BCUT2D eigenvalue weighted by Crippen LogP contribution is -2.48. The summed E-state index contributed by atoms with van der Waals surface area (Å²) in [6.07, 6.45) is 0.378. The Morgan fingerprint density at radius 3 is 3.00 bits per heavy atom. The second-order valence-electron chi connectivity index (χ2n) is 3.85. The molecule has 1 aliphatic rings. The lowest BCUT2D eigenvalue weighted by atomic mass is 9.88. The van der Waals surface area contributed by atoms with E-state index in [1.54, 1.807) is 0 Å². The van der Waals surface area contributed by atoms with Gasteiger partial charge in [-0.15, -0.1) is 0 Å². The molecule has 1 heterocycles. The van der Waals surface area contributed by atoms with Crippen LogP contribution in [0.25, 0.3) is 0 Å². The first-order valence-electron chi connectivity index (χ1n) is 4.81. The van der Waals surface area contributed by atoms with Crippen molar-refractivity contribution >= 4 is 17.7 Å². The van der Waals surface area contributed by atoms with Gasteiger partial charge in [0.05, 0.1) is 12.1 Å². The van der Waals surface area contributed by atoms with E-state index in [1.165, 1.54) is 0 Å². The molecule has 80 valence electrons. The zero-order valence-corrected chi connectivity index (χ0v) is 9.17. The van der Waals surface area contributed by atoms with Gasteiger partial charge in [-0.25, -0.2) is 4.79 Å². The first-order valence-corrected chi connectivity index (χ1v) is 5.19. The van der Waals surface area contributed by atoms with Crippen LogP contribution in [0.3, 0.4) is 0 Å². The van der Waals surface area contributed by atoms with E-state index in [9.17, 15) is 4.79 Å². The first-order chi connectivity index (χ1) is 7.10. The van der Waals surface area contributed by atoms with Crippen molar-refractivity contribution in [3.63, 3.8) is 0 Å². The summed E-state index contributed by atoms with van der Waals surface area (Å²) >= 11 is 5.92. The summed E-state index contributed by atoms with van der Waals surface area (Å²) in [7, 11) is 0. The van der Waals surface area contributed by atoms with Gasteiger partial charge in [0.25, 0.3) is 0 Å². The highest BCUT2D eigenvalue weighted by Crippen LogP contribution is 2.28. The minimum atomic E-state index is -0.375. The molecule has 1 unspecified atom stereocenters. The predicted octanol–water partition coefficient (Wildman–Crippen LogP) is 2.69. The summed E-state index contributed by atoms with van der Waals surface area (Å²) < 4.78 is 4.84. The number of carbonyl (C=O) groups is 1. The van der Waals surface area contributed by atoms with E-state index in [0.717, 1.165) is 12.0 Å². The fourth-order valence-electron chi connectivity index (χ4n) is 1.72. The van der Waals surface area contributed by atoms with E-state index in [4.69, 9.17) is 16.3 Å². The van der Waals surface area contributed by atoms with Gasteiger partial charge in [-0.1, -0.05) is 23.7 Å². The molecule has 0 bridgehead atoms. The summed E-state index contributed by atoms with van der Waals surface area (Å²) in [6, 6.07) is 7.52. The van der Waals surface area contributed by atoms with Crippen LogP contribution in [0, 0.1) is 0 Å². The van der Waals surface area contributed by atoms with E-state index in [0.29, 0.717) is 11.6 Å². The standard InChI is InChI=1S/C11H12ClNO2/c1-11(5-6-15-10(14)13-11)8-3-2-4-9(12)7-8/h2-4,7H,5-6H2,1H3,(H,13,14). The molecule has 1 saturated heterocycles. The molecule has 0 aromatic heterocycles. The van der Waals surface area contributed by atoms with Crippen LogP contribution in [-0.4, -0.2) is 12.7 Å². The van der Waals surface area contributed by atoms with Gasteiger partial charge in [-0.05, 0) is 24.6 Å². The van der Waals surface area contributed by atoms with Crippen molar-refractivity contribution in [1.29, 1.82) is 0 Å². The molecular weight excluding hydrogens is 214 g/mol. The summed E-state index contributed by atoms with van der Waals surface area (Å²) in [5.41, 5.74) is 0.631. The van der Waals surface area contributed by atoms with Crippen LogP contribution < -0.4 is 5.32 Å². The third-order valence-corrected chi connectivity index (χ3v) is 2.91. The van der Waals surface area contributed by atoms with E-state index in [-0.39, 0.29) is 11.6 Å². The lowest BCUT2D eigenvalue weighted by molar-refractivity contribution is 0.0916. The monoisotopic (exact) mass is 225 g/mol. The number of rotatable bonds is 1. The Morgan fingerprint density at radius 1 is 1.53 bits per heavy atom. The molecule has 1 atom stereocenters. The lowest BCUT2D eigenvalue weighted by Gasteiger charge is -2.34. The maximum absolute atomic E-state index is 11.2. The van der Waals surface area contributed by atoms with Crippen molar-refractivity contribution in [2.75, 3.05) is 6.61 Å². The van der Waals surface area contributed by atoms with Gasteiger partial charge >= 0.3 is 6.09 Å². The molecule has 1 amide bonds. The predicted molar refractivity (Wildman–Crippen MR) is 57.9 cm³/mol. The summed E-state index contributed by atoms with van der Waals surface area (Å²) in [5.74, 6) is 0. The molecule has 4 heteroatoms. The van der Waals surface area contributed by atoms with Crippen LogP contribution in [0.5, 0.6) is 0 Å². The van der Waals surface area contributed by atoms with Crippen molar-refractivity contribution in [3.8, 4) is 0 Å². The Morgan fingerprint density at radius 2 is 2.33 bits per heavy atom. The quantitative estimate of drug-likeness (QED) is 0.798. The molecule has 1 N–H and O–H groups in total. The Hall–Kier alpha value is -1.22. The number of hydrogen-bond acceptors (Lipinski definition) is 2. The molecular formula is C11H12ClNO2. The van der Waals surface area contributed by atoms with Crippen LogP contribution in [0.15, 0.2) is 24.3 Å². The number of nitrogens with one attached hydrogen (secondary N) is 1. The molecule has 15 heavy (non-hydrogen) atoms. The number of benzene rings is 1. The number of alkyl carbamates (subject to hydrolysis) is 1. The molecule has 3 nitrogen and oxygen atoms in total. The zero-order valence-electron chi connectivity index (χ0n) is 8.42. The minimum absolute atomic E-state index is 0.372. The van der Waals surface area contributed by atoms with E-state index >= 15 is 0 Å². The normalized spacial score (nSPS) is 25.6. The van der Waals surface area contributed by atoms with Crippen molar-refractivity contribution in [2.24, 2.45) is 0 Å². The van der Waals surface area contributed by atoms with Crippen molar-refractivity contribution in [3.05, 3.63) is 34.9 Å². The number of halogens is 1. The van der Waals surface area contributed by atoms with Gasteiger partial charge in [0.15, 0.2) is 0 Å². The third kappa shape index (κ3) is 2.07. The highest BCUT2D eigenvalue weighted by Gasteiger charge is 2.33. The van der Waals surface area contributed by atoms with E-state index in [2.05, 4.69) is 5.32 Å². The van der Waals surface area contributed by atoms with Gasteiger partial charge in [0, 0.05) is 11.4 Å². The molecule has 1 aromatic rings. The highest BCUT2D eigenvalue weighted by atomic mass is 35.5. The maximum atomic E-state index is 11.2. The number of carbonyl (C=O) groups excluding carboxylic acids is 1. The second kappa shape index (κ2) is 3.74. The van der Waals surface area contributed by atoms with Crippen LogP contribution in [0.2, 0.25) is 5.02 Å².